The van der Waals surface area contributed by atoms with E-state index >= 15 is 0 Å². The Kier molecular flexibility index (Phi) is 5.28. The monoisotopic (exact) mass is 346 g/mol. The molecule has 2 aromatic rings. The largest absolute Gasteiger partial charge is 0.477 e. The van der Waals surface area contributed by atoms with Crippen LogP contribution in [0.3, 0.4) is 0 Å². The van der Waals surface area contributed by atoms with E-state index in [2.05, 4.69) is 5.32 Å². The molecule has 1 amide bonds. The third-order valence-electron chi connectivity index (χ3n) is 3.01. The standard InChI is InChI=1S/C16H11ClN2O5/c17-13-4-2-1-3-12(13)15(20)18-14(16(21)22)9-10-5-7-11(8-6-10)19(23)24/h1-9H,(H,18,20)(H,21,22)/b14-9+. The van der Waals surface area contributed by atoms with E-state index in [0.29, 0.717) is 5.56 Å². The fourth-order valence-electron chi connectivity index (χ4n) is 1.85. The van der Waals surface area contributed by atoms with Crippen molar-refractivity contribution in [3.05, 3.63) is 80.5 Å². The molecule has 2 aromatic carbocycles. The lowest BCUT2D eigenvalue weighted by atomic mass is 10.1. The second kappa shape index (κ2) is 7.38. The molecule has 0 aliphatic carbocycles. The molecule has 0 saturated carbocycles. The predicted octanol–water partition coefficient (Wildman–Crippen LogP) is 3.10. The van der Waals surface area contributed by atoms with Crippen LogP contribution in [0.5, 0.6) is 0 Å². The van der Waals surface area contributed by atoms with Crippen molar-refractivity contribution in [1.82, 2.24) is 5.32 Å². The van der Waals surface area contributed by atoms with Gasteiger partial charge in [-0.15, -0.1) is 0 Å². The first-order chi connectivity index (χ1) is 11.4. The SMILES string of the molecule is O=C(O)/C(=C\c1ccc([N+](=O)[O-])cc1)NC(=O)c1ccccc1Cl. The normalized spacial score (nSPS) is 11.0. The van der Waals surface area contributed by atoms with Gasteiger partial charge in [-0.05, 0) is 35.9 Å². The average molecular weight is 347 g/mol. The summed E-state index contributed by atoms with van der Waals surface area (Å²) in [5.41, 5.74) is 0.0189. The zero-order chi connectivity index (χ0) is 17.7. The van der Waals surface area contributed by atoms with Crippen LogP contribution in [0.15, 0.2) is 54.2 Å². The first-order valence-corrected chi connectivity index (χ1v) is 7.01. The number of hydrogen-bond donors (Lipinski definition) is 2. The summed E-state index contributed by atoms with van der Waals surface area (Å²) in [6, 6.07) is 11.4. The minimum Gasteiger partial charge on any atom is -0.477 e. The van der Waals surface area contributed by atoms with E-state index in [1.54, 1.807) is 12.1 Å². The summed E-state index contributed by atoms with van der Waals surface area (Å²) in [5, 5.41) is 22.3. The van der Waals surface area contributed by atoms with Gasteiger partial charge < -0.3 is 10.4 Å². The van der Waals surface area contributed by atoms with E-state index in [4.69, 9.17) is 11.6 Å². The van der Waals surface area contributed by atoms with Crippen LogP contribution in [0.25, 0.3) is 6.08 Å². The van der Waals surface area contributed by atoms with Gasteiger partial charge in [0.15, 0.2) is 0 Å². The van der Waals surface area contributed by atoms with Gasteiger partial charge in [-0.2, -0.15) is 0 Å². The molecule has 0 fully saturated rings. The number of aliphatic carboxylic acids is 1. The van der Waals surface area contributed by atoms with Crippen LogP contribution < -0.4 is 5.32 Å². The number of carbonyl (C=O) groups excluding carboxylic acids is 1. The lowest BCUT2D eigenvalue weighted by molar-refractivity contribution is -0.384. The number of non-ortho nitro benzene ring substituents is 1. The predicted molar refractivity (Wildman–Crippen MR) is 87.6 cm³/mol. The number of halogens is 1. The van der Waals surface area contributed by atoms with Gasteiger partial charge in [-0.25, -0.2) is 4.79 Å². The number of amides is 1. The molecule has 0 aliphatic rings. The molecular weight excluding hydrogens is 336 g/mol. The number of carbonyl (C=O) groups is 2. The van der Waals surface area contributed by atoms with Crippen molar-refractivity contribution in [2.24, 2.45) is 0 Å². The number of benzene rings is 2. The van der Waals surface area contributed by atoms with E-state index in [9.17, 15) is 24.8 Å². The average Bonchev–Trinajstić information content (AvgIpc) is 2.54. The molecule has 2 N–H and O–H groups in total. The highest BCUT2D eigenvalue weighted by Gasteiger charge is 2.15. The van der Waals surface area contributed by atoms with Crippen molar-refractivity contribution in [2.45, 2.75) is 0 Å². The van der Waals surface area contributed by atoms with Gasteiger partial charge >= 0.3 is 5.97 Å². The van der Waals surface area contributed by atoms with Gasteiger partial charge in [-0.1, -0.05) is 23.7 Å². The Hall–Kier alpha value is -3.19. The maximum Gasteiger partial charge on any atom is 0.352 e. The summed E-state index contributed by atoms with van der Waals surface area (Å²) in [6.45, 7) is 0. The lowest BCUT2D eigenvalue weighted by Crippen LogP contribution is -2.27. The number of hydrogen-bond acceptors (Lipinski definition) is 4. The van der Waals surface area contributed by atoms with Crippen LogP contribution in [-0.4, -0.2) is 21.9 Å². The Labute approximate surface area is 141 Å². The second-order valence-corrected chi connectivity index (χ2v) is 5.05. The molecule has 0 heterocycles. The second-order valence-electron chi connectivity index (χ2n) is 4.65. The zero-order valence-corrected chi connectivity index (χ0v) is 12.9. The summed E-state index contributed by atoms with van der Waals surface area (Å²) in [5.74, 6) is -2.02. The molecule has 7 nitrogen and oxygen atoms in total. The van der Waals surface area contributed by atoms with Gasteiger partial charge in [0.25, 0.3) is 11.6 Å². The Morgan fingerprint density at radius 3 is 2.29 bits per heavy atom. The molecule has 24 heavy (non-hydrogen) atoms. The van der Waals surface area contributed by atoms with Crippen molar-refractivity contribution in [3.63, 3.8) is 0 Å². The molecule has 0 radical (unpaired) electrons. The van der Waals surface area contributed by atoms with Gasteiger partial charge in [0.2, 0.25) is 0 Å². The molecule has 122 valence electrons. The molecule has 0 saturated heterocycles. The fraction of sp³-hybridized carbons (Fsp3) is 0. The van der Waals surface area contributed by atoms with Crippen molar-refractivity contribution < 1.29 is 19.6 Å². The van der Waals surface area contributed by atoms with E-state index in [1.807, 2.05) is 0 Å². The van der Waals surface area contributed by atoms with E-state index in [-0.39, 0.29) is 22.0 Å². The number of nitro benzene ring substituents is 1. The van der Waals surface area contributed by atoms with Gasteiger partial charge in [0.05, 0.1) is 15.5 Å². The molecule has 0 aliphatic heterocycles. The highest BCUT2D eigenvalue weighted by atomic mass is 35.5. The van der Waals surface area contributed by atoms with Gasteiger partial charge in [0, 0.05) is 12.1 Å². The molecular formula is C16H11ClN2O5. The van der Waals surface area contributed by atoms with Crippen LogP contribution in [0.1, 0.15) is 15.9 Å². The molecule has 8 heteroatoms. The third kappa shape index (κ3) is 4.17. The Morgan fingerprint density at radius 1 is 1.12 bits per heavy atom. The highest BCUT2D eigenvalue weighted by Crippen LogP contribution is 2.16. The number of carboxylic acids is 1. The zero-order valence-electron chi connectivity index (χ0n) is 12.1. The maximum atomic E-state index is 12.1. The summed E-state index contributed by atoms with van der Waals surface area (Å²) < 4.78 is 0. The molecule has 2 rings (SSSR count). The summed E-state index contributed by atoms with van der Waals surface area (Å²) in [6.07, 6.45) is 1.20. The summed E-state index contributed by atoms with van der Waals surface area (Å²) in [4.78, 5) is 33.5. The Balaban J connectivity index is 2.26. The van der Waals surface area contributed by atoms with Crippen molar-refractivity contribution in [2.75, 3.05) is 0 Å². The van der Waals surface area contributed by atoms with Crippen molar-refractivity contribution in [1.29, 1.82) is 0 Å². The number of carboxylic acid groups (broad SMARTS) is 1. The van der Waals surface area contributed by atoms with E-state index in [0.717, 1.165) is 0 Å². The van der Waals surface area contributed by atoms with Gasteiger partial charge in [-0.3, -0.25) is 14.9 Å². The fourth-order valence-corrected chi connectivity index (χ4v) is 2.07. The quantitative estimate of drug-likeness (QED) is 0.491. The molecule has 0 unspecified atom stereocenters. The van der Waals surface area contributed by atoms with Crippen LogP contribution in [0.2, 0.25) is 5.02 Å². The molecule has 0 aromatic heterocycles. The van der Waals surface area contributed by atoms with Gasteiger partial charge in [0.1, 0.15) is 5.70 Å². The number of nitrogens with one attached hydrogen (secondary N) is 1. The smallest absolute Gasteiger partial charge is 0.352 e. The van der Waals surface area contributed by atoms with Crippen LogP contribution in [0.4, 0.5) is 5.69 Å². The van der Waals surface area contributed by atoms with Crippen LogP contribution in [-0.2, 0) is 4.79 Å². The van der Waals surface area contributed by atoms with Crippen molar-refractivity contribution >= 4 is 35.2 Å². The number of rotatable bonds is 5. The van der Waals surface area contributed by atoms with E-state index in [1.165, 1.54) is 42.5 Å². The van der Waals surface area contributed by atoms with Crippen molar-refractivity contribution in [3.8, 4) is 0 Å². The van der Waals surface area contributed by atoms with E-state index < -0.39 is 16.8 Å². The molecule has 0 bridgehead atoms. The molecule has 0 spiro atoms. The summed E-state index contributed by atoms with van der Waals surface area (Å²) >= 11 is 5.90. The topological polar surface area (TPSA) is 110 Å². The van der Waals surface area contributed by atoms with Crippen LogP contribution >= 0.6 is 11.6 Å². The number of nitrogens with zero attached hydrogens (tertiary/aromatic N) is 1. The lowest BCUT2D eigenvalue weighted by Gasteiger charge is -2.07. The minimum absolute atomic E-state index is 0.121. The number of nitro groups is 1. The van der Waals surface area contributed by atoms with Crippen LogP contribution in [0, 0.1) is 10.1 Å². The first kappa shape index (κ1) is 17.2. The Bertz CT molecular complexity index is 831. The third-order valence-corrected chi connectivity index (χ3v) is 3.34. The summed E-state index contributed by atoms with van der Waals surface area (Å²) in [7, 11) is 0. The first-order valence-electron chi connectivity index (χ1n) is 6.64. The minimum atomic E-state index is -1.35. The highest BCUT2D eigenvalue weighted by molar-refractivity contribution is 6.34. The Morgan fingerprint density at radius 2 is 1.75 bits per heavy atom. The maximum absolute atomic E-state index is 12.1. The molecule has 0 atom stereocenters.